The molecule has 4 rings (SSSR count). The summed E-state index contributed by atoms with van der Waals surface area (Å²) in [6, 6.07) is 7.48. The smallest absolute Gasteiger partial charge is 0.338 e. The molecule has 0 spiro atoms. The highest BCUT2D eigenvalue weighted by molar-refractivity contribution is 9.10. The van der Waals surface area contributed by atoms with E-state index in [1.807, 2.05) is 6.92 Å². The summed E-state index contributed by atoms with van der Waals surface area (Å²) in [5.74, 6) is 0.709. The Balaban J connectivity index is 1.99. The van der Waals surface area contributed by atoms with E-state index in [0.29, 0.717) is 48.7 Å². The van der Waals surface area contributed by atoms with Gasteiger partial charge in [0.15, 0.2) is 27.8 Å². The molecule has 0 unspecified atom stereocenters. The van der Waals surface area contributed by atoms with E-state index in [1.54, 1.807) is 44.2 Å². The van der Waals surface area contributed by atoms with Gasteiger partial charge in [-0.1, -0.05) is 33.3 Å². The van der Waals surface area contributed by atoms with E-state index in [1.165, 1.54) is 36.2 Å². The summed E-state index contributed by atoms with van der Waals surface area (Å²) in [6.07, 6.45) is 1.69. The van der Waals surface area contributed by atoms with E-state index in [-0.39, 0.29) is 29.2 Å². The number of aromatic nitrogens is 1. The molecule has 38 heavy (non-hydrogen) atoms. The monoisotopic (exact) mass is 602 g/mol. The summed E-state index contributed by atoms with van der Waals surface area (Å²) in [7, 11) is 2.98. The van der Waals surface area contributed by atoms with Gasteiger partial charge in [-0.3, -0.25) is 9.36 Å². The maximum atomic E-state index is 13.8. The molecule has 1 aliphatic heterocycles. The zero-order chi connectivity index (χ0) is 27.6. The first-order valence-electron chi connectivity index (χ1n) is 11.8. The van der Waals surface area contributed by atoms with E-state index >= 15 is 0 Å². The van der Waals surface area contributed by atoms with Gasteiger partial charge in [0.2, 0.25) is 0 Å². The predicted molar refractivity (Wildman–Crippen MR) is 147 cm³/mol. The average molecular weight is 603 g/mol. The highest BCUT2D eigenvalue weighted by Crippen LogP contribution is 2.41. The van der Waals surface area contributed by atoms with Crippen molar-refractivity contribution in [3.63, 3.8) is 0 Å². The number of phenolic OH excluding ortho intramolecular Hbond substituents is 1. The molecule has 0 saturated carbocycles. The summed E-state index contributed by atoms with van der Waals surface area (Å²) in [6.45, 7) is 5.92. The van der Waals surface area contributed by atoms with Gasteiger partial charge in [-0.2, -0.15) is 0 Å². The number of ether oxygens (including phenoxy) is 4. The van der Waals surface area contributed by atoms with Gasteiger partial charge < -0.3 is 24.1 Å². The summed E-state index contributed by atoms with van der Waals surface area (Å²) in [5.41, 5.74) is 1.64. The SMILES string of the molecule is CCOC(=O)C1=C(C)N=c2s/c(=C/c3ccc(O)c(OC)c3)c(=O)n2[C@@H]1c1cc(OC)c(OCC)cc1Br. The van der Waals surface area contributed by atoms with Crippen LogP contribution in [0.15, 0.2) is 55.9 Å². The Morgan fingerprint density at radius 3 is 2.53 bits per heavy atom. The molecule has 3 aromatic rings. The van der Waals surface area contributed by atoms with Crippen LogP contribution in [0, 0.1) is 0 Å². The lowest BCUT2D eigenvalue weighted by molar-refractivity contribution is -0.139. The third kappa shape index (κ3) is 5.08. The Kier molecular flexibility index (Phi) is 8.27. The number of carbonyl (C=O) groups excluding carboxylic acids is 1. The molecule has 0 fully saturated rings. The Hall–Kier alpha value is -3.57. The summed E-state index contributed by atoms with van der Waals surface area (Å²) in [5, 5.41) is 9.93. The van der Waals surface area contributed by atoms with Gasteiger partial charge in [0.1, 0.15) is 0 Å². The van der Waals surface area contributed by atoms with Crippen LogP contribution in [-0.4, -0.2) is 43.1 Å². The minimum atomic E-state index is -0.833. The molecule has 0 radical (unpaired) electrons. The summed E-state index contributed by atoms with van der Waals surface area (Å²) < 4.78 is 24.3. The number of methoxy groups -OCH3 is 2. The molecule has 0 aliphatic carbocycles. The molecule has 1 aliphatic rings. The van der Waals surface area contributed by atoms with Gasteiger partial charge in [0, 0.05) is 4.47 Å². The van der Waals surface area contributed by atoms with Crippen molar-refractivity contribution in [2.45, 2.75) is 26.8 Å². The highest BCUT2D eigenvalue weighted by Gasteiger charge is 2.35. The summed E-state index contributed by atoms with van der Waals surface area (Å²) in [4.78, 5) is 32.1. The summed E-state index contributed by atoms with van der Waals surface area (Å²) >= 11 is 4.81. The van der Waals surface area contributed by atoms with Crippen LogP contribution in [-0.2, 0) is 9.53 Å². The molecule has 1 aromatic heterocycles. The van der Waals surface area contributed by atoms with Gasteiger partial charge in [0.25, 0.3) is 5.56 Å². The maximum absolute atomic E-state index is 13.8. The molecule has 0 saturated heterocycles. The lowest BCUT2D eigenvalue weighted by Gasteiger charge is -2.26. The van der Waals surface area contributed by atoms with Crippen LogP contribution in [0.5, 0.6) is 23.0 Å². The number of rotatable bonds is 8. The zero-order valence-corrected chi connectivity index (χ0v) is 23.9. The Morgan fingerprint density at radius 2 is 1.87 bits per heavy atom. The minimum Gasteiger partial charge on any atom is -0.504 e. The first kappa shape index (κ1) is 27.5. The van der Waals surface area contributed by atoms with E-state index in [9.17, 15) is 14.7 Å². The normalized spacial score (nSPS) is 15.1. The van der Waals surface area contributed by atoms with Crippen molar-refractivity contribution in [2.24, 2.45) is 4.99 Å². The van der Waals surface area contributed by atoms with E-state index in [4.69, 9.17) is 18.9 Å². The van der Waals surface area contributed by atoms with Crippen molar-refractivity contribution in [3.05, 3.63) is 76.9 Å². The quantitative estimate of drug-likeness (QED) is 0.392. The molecule has 1 N–H and O–H groups in total. The predicted octanol–water partition coefficient (Wildman–Crippen LogP) is 3.68. The molecular weight excluding hydrogens is 576 g/mol. The fraction of sp³-hybridized carbons (Fsp3) is 0.296. The standard InChI is InChI=1S/C27H27BrN2O7S/c1-6-36-21-13-17(28)16(12-20(21)35-5)24-23(26(33)37-7-2)14(3)29-27-30(24)25(32)22(38-27)11-15-8-9-18(31)19(10-15)34-4/h8-13,24,31H,6-7H2,1-5H3/b22-11+/t24-/m1/s1. The number of hydrogen-bond donors (Lipinski definition) is 1. The van der Waals surface area contributed by atoms with Crippen LogP contribution in [0.4, 0.5) is 0 Å². The first-order valence-corrected chi connectivity index (χ1v) is 13.4. The van der Waals surface area contributed by atoms with Crippen molar-refractivity contribution in [2.75, 3.05) is 27.4 Å². The molecular formula is C27H27BrN2O7S. The topological polar surface area (TPSA) is 109 Å². The number of carbonyl (C=O) groups is 1. The molecule has 0 bridgehead atoms. The fourth-order valence-corrected chi connectivity index (χ4v) is 5.80. The van der Waals surface area contributed by atoms with E-state index < -0.39 is 12.0 Å². The fourth-order valence-electron chi connectivity index (χ4n) is 4.21. The second-order valence-corrected chi connectivity index (χ2v) is 10.1. The van der Waals surface area contributed by atoms with E-state index in [0.717, 1.165) is 0 Å². The number of phenols is 1. The van der Waals surface area contributed by atoms with Crippen LogP contribution < -0.4 is 29.1 Å². The zero-order valence-electron chi connectivity index (χ0n) is 21.5. The third-order valence-electron chi connectivity index (χ3n) is 5.90. The van der Waals surface area contributed by atoms with Crippen molar-refractivity contribution < 1.29 is 28.8 Å². The van der Waals surface area contributed by atoms with Crippen molar-refractivity contribution >= 4 is 39.3 Å². The van der Waals surface area contributed by atoms with E-state index in [2.05, 4.69) is 20.9 Å². The Labute approximate surface area is 231 Å². The van der Waals surface area contributed by atoms with Crippen molar-refractivity contribution in [1.29, 1.82) is 0 Å². The Morgan fingerprint density at radius 1 is 1.13 bits per heavy atom. The maximum Gasteiger partial charge on any atom is 0.338 e. The molecule has 200 valence electrons. The number of thiazole rings is 1. The van der Waals surface area contributed by atoms with Gasteiger partial charge in [0.05, 0.1) is 49.3 Å². The lowest BCUT2D eigenvalue weighted by atomic mass is 9.95. The van der Waals surface area contributed by atoms with Crippen LogP contribution in [0.25, 0.3) is 6.08 Å². The van der Waals surface area contributed by atoms with Crippen LogP contribution in [0.2, 0.25) is 0 Å². The first-order chi connectivity index (χ1) is 18.2. The number of aromatic hydroxyl groups is 1. The van der Waals surface area contributed by atoms with Crippen LogP contribution in [0.1, 0.15) is 37.9 Å². The second kappa shape index (κ2) is 11.4. The van der Waals surface area contributed by atoms with Crippen molar-refractivity contribution in [1.82, 2.24) is 4.57 Å². The Bertz CT molecular complexity index is 1610. The molecule has 11 heteroatoms. The van der Waals surface area contributed by atoms with Crippen LogP contribution in [0.3, 0.4) is 0 Å². The number of nitrogens with zero attached hydrogens (tertiary/aromatic N) is 2. The minimum absolute atomic E-state index is 0.00453. The lowest BCUT2D eigenvalue weighted by Crippen LogP contribution is -2.40. The average Bonchev–Trinajstić information content (AvgIpc) is 3.19. The van der Waals surface area contributed by atoms with Gasteiger partial charge >= 0.3 is 5.97 Å². The highest BCUT2D eigenvalue weighted by atomic mass is 79.9. The number of allylic oxidation sites excluding steroid dienone is 1. The number of fused-ring (bicyclic) bond motifs is 1. The number of benzene rings is 2. The molecule has 1 atom stereocenters. The molecule has 0 amide bonds. The van der Waals surface area contributed by atoms with Gasteiger partial charge in [-0.05, 0) is 62.2 Å². The number of halogens is 1. The second-order valence-electron chi connectivity index (χ2n) is 8.19. The van der Waals surface area contributed by atoms with Crippen LogP contribution >= 0.6 is 27.3 Å². The van der Waals surface area contributed by atoms with Gasteiger partial charge in [-0.25, -0.2) is 9.79 Å². The number of hydrogen-bond acceptors (Lipinski definition) is 9. The third-order valence-corrected chi connectivity index (χ3v) is 7.57. The van der Waals surface area contributed by atoms with Gasteiger partial charge in [-0.15, -0.1) is 0 Å². The van der Waals surface area contributed by atoms with Crippen molar-refractivity contribution in [3.8, 4) is 23.0 Å². The molecule has 2 aromatic carbocycles. The molecule has 2 heterocycles. The largest absolute Gasteiger partial charge is 0.504 e. The molecule has 9 nitrogen and oxygen atoms in total. The number of esters is 1.